The third-order valence-corrected chi connectivity index (χ3v) is 11.0. The maximum atomic E-state index is 12.6. The van der Waals surface area contributed by atoms with Gasteiger partial charge in [0.25, 0.3) is 0 Å². The summed E-state index contributed by atoms with van der Waals surface area (Å²) in [6.45, 7) is 3.90. The SMILES string of the molecule is CCCCCCCCCC/C=C\CCCCCCCCCCCCOCC(COP(=O)(O)OCC(N)C(=O)O)OC(=O)CCCCCCCCCCCCC. The number of esters is 1. The van der Waals surface area contributed by atoms with Gasteiger partial charge in [0.2, 0.25) is 0 Å². The highest BCUT2D eigenvalue weighted by Gasteiger charge is 2.27. The average Bonchev–Trinajstić information content (AvgIpc) is 3.16. The number of rotatable bonds is 44. The Labute approximate surface area is 337 Å². The third-order valence-electron chi connectivity index (χ3n) is 10.0. The lowest BCUT2D eigenvalue weighted by Crippen LogP contribution is -2.34. The summed E-state index contributed by atoms with van der Waals surface area (Å²) >= 11 is 0. The molecule has 10 nitrogen and oxygen atoms in total. The molecule has 0 radical (unpaired) electrons. The van der Waals surface area contributed by atoms with E-state index in [4.69, 9.17) is 29.4 Å². The Balaban J connectivity index is 4.09. The molecule has 0 aliphatic heterocycles. The Morgan fingerprint density at radius 3 is 1.38 bits per heavy atom. The predicted molar refractivity (Wildman–Crippen MR) is 226 cm³/mol. The Hall–Kier alpha value is -1.29. The number of hydrogen-bond acceptors (Lipinski definition) is 8. The maximum Gasteiger partial charge on any atom is 0.472 e. The number of unbranched alkanes of at least 4 members (excludes halogenated alkanes) is 28. The number of allylic oxidation sites excluding steroid dienone is 2. The van der Waals surface area contributed by atoms with Crippen molar-refractivity contribution in [3.8, 4) is 0 Å². The number of carboxylic acid groups (broad SMARTS) is 1. The molecule has 0 rings (SSSR count). The normalized spacial score (nSPS) is 14.0. The van der Waals surface area contributed by atoms with E-state index in [9.17, 15) is 19.0 Å². The number of aliphatic carboxylic acids is 1. The van der Waals surface area contributed by atoms with E-state index < -0.39 is 45.1 Å². The van der Waals surface area contributed by atoms with Crippen molar-refractivity contribution in [1.29, 1.82) is 0 Å². The largest absolute Gasteiger partial charge is 0.480 e. The highest BCUT2D eigenvalue weighted by atomic mass is 31.2. The van der Waals surface area contributed by atoms with Gasteiger partial charge in [0, 0.05) is 13.0 Å². The molecule has 0 spiro atoms. The zero-order chi connectivity index (χ0) is 40.5. The summed E-state index contributed by atoms with van der Waals surface area (Å²) in [6.07, 6.45) is 42.7. The van der Waals surface area contributed by atoms with Crippen molar-refractivity contribution in [3.05, 3.63) is 12.2 Å². The molecule has 0 aromatic carbocycles. The second kappa shape index (κ2) is 40.9. The van der Waals surface area contributed by atoms with Gasteiger partial charge in [0.05, 0.1) is 19.8 Å². The van der Waals surface area contributed by atoms with Crippen molar-refractivity contribution in [2.24, 2.45) is 5.73 Å². The van der Waals surface area contributed by atoms with E-state index in [1.54, 1.807) is 0 Å². The summed E-state index contributed by atoms with van der Waals surface area (Å²) in [6, 6.07) is -1.47. The summed E-state index contributed by atoms with van der Waals surface area (Å²) in [5, 5.41) is 8.89. The summed E-state index contributed by atoms with van der Waals surface area (Å²) in [5.41, 5.74) is 5.35. The van der Waals surface area contributed by atoms with Crippen LogP contribution in [0.5, 0.6) is 0 Å². The molecule has 3 unspecified atom stereocenters. The van der Waals surface area contributed by atoms with Crippen LogP contribution in [0.25, 0.3) is 0 Å². The number of hydrogen-bond donors (Lipinski definition) is 3. The Morgan fingerprint density at radius 2 is 0.945 bits per heavy atom. The molecule has 0 amide bonds. The number of phosphoric ester groups is 1. The molecule has 0 aromatic heterocycles. The van der Waals surface area contributed by atoms with E-state index in [2.05, 4.69) is 26.0 Å². The van der Waals surface area contributed by atoms with E-state index in [-0.39, 0.29) is 13.0 Å². The highest BCUT2D eigenvalue weighted by Crippen LogP contribution is 2.43. The quantitative estimate of drug-likeness (QED) is 0.0235. The van der Waals surface area contributed by atoms with Crippen LogP contribution in [0.3, 0.4) is 0 Å². The maximum absolute atomic E-state index is 12.6. The van der Waals surface area contributed by atoms with Crippen LogP contribution in [0.15, 0.2) is 12.2 Å². The molecular weight excluding hydrogens is 717 g/mol. The van der Waals surface area contributed by atoms with Crippen molar-refractivity contribution in [2.75, 3.05) is 26.4 Å². The number of nitrogens with two attached hydrogens (primary N) is 1. The molecule has 0 aliphatic carbocycles. The number of carboxylic acids is 1. The van der Waals surface area contributed by atoms with Crippen molar-refractivity contribution in [3.63, 3.8) is 0 Å². The lowest BCUT2D eigenvalue weighted by Gasteiger charge is -2.20. The highest BCUT2D eigenvalue weighted by molar-refractivity contribution is 7.47. The molecule has 326 valence electrons. The van der Waals surface area contributed by atoms with Gasteiger partial charge in [-0.25, -0.2) is 4.57 Å². The second-order valence-corrected chi connectivity index (χ2v) is 17.0. The van der Waals surface area contributed by atoms with E-state index in [1.807, 2.05) is 0 Å². The molecule has 0 aliphatic rings. The van der Waals surface area contributed by atoms with Crippen LogP contribution in [-0.4, -0.2) is 60.5 Å². The first-order valence-electron chi connectivity index (χ1n) is 22.7. The van der Waals surface area contributed by atoms with Crippen LogP contribution < -0.4 is 5.73 Å². The topological polar surface area (TPSA) is 155 Å². The molecule has 55 heavy (non-hydrogen) atoms. The lowest BCUT2D eigenvalue weighted by atomic mass is 10.1. The van der Waals surface area contributed by atoms with Crippen LogP contribution >= 0.6 is 7.82 Å². The standard InChI is InChI=1S/C44H86NO9P/c1-3-5-7-9-11-13-15-16-17-18-19-20-21-22-23-24-25-27-29-31-33-35-37-51-38-41(39-52-55(49,50)53-40-42(45)44(47)48)54-43(46)36-34-32-30-28-26-14-12-10-8-6-4-2/h18-19,41-42H,3-17,20-40,45H2,1-2H3,(H,47,48)(H,49,50)/b19-18-. The van der Waals surface area contributed by atoms with E-state index in [0.717, 1.165) is 38.5 Å². The first-order chi connectivity index (χ1) is 26.7. The Bertz CT molecular complexity index is 935. The van der Waals surface area contributed by atoms with Crippen molar-refractivity contribution in [1.82, 2.24) is 0 Å². The molecule has 0 bridgehead atoms. The zero-order valence-corrected chi connectivity index (χ0v) is 36.4. The third kappa shape index (κ3) is 40.7. The van der Waals surface area contributed by atoms with Gasteiger partial charge in [-0.1, -0.05) is 187 Å². The summed E-state index contributed by atoms with van der Waals surface area (Å²) in [4.78, 5) is 33.5. The van der Waals surface area contributed by atoms with Crippen LogP contribution in [0, 0.1) is 0 Å². The fraction of sp³-hybridized carbons (Fsp3) is 0.909. The zero-order valence-electron chi connectivity index (χ0n) is 35.5. The van der Waals surface area contributed by atoms with Gasteiger partial charge in [0.1, 0.15) is 12.1 Å². The fourth-order valence-electron chi connectivity index (χ4n) is 6.48. The Kier molecular flexibility index (Phi) is 39.9. The minimum Gasteiger partial charge on any atom is -0.480 e. The van der Waals surface area contributed by atoms with Gasteiger partial charge in [-0.3, -0.25) is 18.6 Å². The second-order valence-electron chi connectivity index (χ2n) is 15.5. The van der Waals surface area contributed by atoms with Gasteiger partial charge in [-0.15, -0.1) is 0 Å². The van der Waals surface area contributed by atoms with Crippen molar-refractivity contribution in [2.45, 2.75) is 231 Å². The fourth-order valence-corrected chi connectivity index (χ4v) is 7.26. The van der Waals surface area contributed by atoms with Gasteiger partial charge in [-0.05, 0) is 38.5 Å². The van der Waals surface area contributed by atoms with Crippen molar-refractivity contribution >= 4 is 19.8 Å². The number of carbonyl (C=O) groups excluding carboxylic acids is 1. The van der Waals surface area contributed by atoms with E-state index >= 15 is 0 Å². The Morgan fingerprint density at radius 1 is 0.564 bits per heavy atom. The molecule has 3 atom stereocenters. The molecule has 0 saturated carbocycles. The predicted octanol–water partition coefficient (Wildman–Crippen LogP) is 12.5. The number of carbonyl (C=O) groups is 2. The number of phosphoric acid groups is 1. The molecule has 0 heterocycles. The monoisotopic (exact) mass is 804 g/mol. The van der Waals surface area contributed by atoms with E-state index in [1.165, 1.54) is 161 Å². The summed E-state index contributed by atoms with van der Waals surface area (Å²) in [7, 11) is -4.61. The molecule has 0 saturated heterocycles. The van der Waals surface area contributed by atoms with Crippen LogP contribution in [0.2, 0.25) is 0 Å². The lowest BCUT2D eigenvalue weighted by molar-refractivity contribution is -0.154. The van der Waals surface area contributed by atoms with Crippen LogP contribution in [0.1, 0.15) is 219 Å². The van der Waals surface area contributed by atoms with E-state index in [0.29, 0.717) is 6.61 Å². The summed E-state index contributed by atoms with van der Waals surface area (Å²) in [5.74, 6) is -1.77. The van der Waals surface area contributed by atoms with Gasteiger partial charge in [-0.2, -0.15) is 0 Å². The van der Waals surface area contributed by atoms with Crippen LogP contribution in [0.4, 0.5) is 0 Å². The first-order valence-corrected chi connectivity index (χ1v) is 24.2. The van der Waals surface area contributed by atoms with Gasteiger partial charge in [0.15, 0.2) is 0 Å². The number of ether oxygens (including phenoxy) is 2. The molecule has 0 aromatic rings. The van der Waals surface area contributed by atoms with Gasteiger partial charge < -0.3 is 25.2 Å². The minimum atomic E-state index is -4.61. The molecule has 11 heteroatoms. The van der Waals surface area contributed by atoms with Crippen LogP contribution in [-0.2, 0) is 32.7 Å². The molecule has 0 fully saturated rings. The first kappa shape index (κ1) is 53.7. The smallest absolute Gasteiger partial charge is 0.472 e. The molecular formula is C44H86NO9P. The average molecular weight is 804 g/mol. The molecule has 4 N–H and O–H groups in total. The minimum absolute atomic E-state index is 0.0215. The van der Waals surface area contributed by atoms with Crippen molar-refractivity contribution < 1.29 is 42.7 Å². The summed E-state index contributed by atoms with van der Waals surface area (Å²) < 4.78 is 33.3. The van der Waals surface area contributed by atoms with Gasteiger partial charge >= 0.3 is 19.8 Å².